The number of hydrogen-bond acceptors (Lipinski definition) is 2. The summed E-state index contributed by atoms with van der Waals surface area (Å²) in [6.45, 7) is -0.942. The number of aryl methyl sites for hydroxylation is 1. The first kappa shape index (κ1) is 15.4. The fraction of sp³-hybridized carbons (Fsp3) is 0.133. The summed E-state index contributed by atoms with van der Waals surface area (Å²) in [5.74, 6) is -0.246. The van der Waals surface area contributed by atoms with Crippen LogP contribution in [0.2, 0.25) is 0 Å². The molecule has 6 heteroatoms. The Bertz CT molecular complexity index is 645. The standard InChI is InChI=1S/C15H12BrF2NO2/c1-9-2-7-12(13(16)8-9)14(20)19-10-3-5-11(6-4-10)21-15(17)18/h2-8,15H,1H3,(H,19,20). The topological polar surface area (TPSA) is 38.3 Å². The van der Waals surface area contributed by atoms with E-state index < -0.39 is 6.61 Å². The summed E-state index contributed by atoms with van der Waals surface area (Å²) < 4.78 is 29.0. The number of rotatable bonds is 4. The van der Waals surface area contributed by atoms with Crippen LogP contribution >= 0.6 is 15.9 Å². The molecule has 1 amide bonds. The van der Waals surface area contributed by atoms with Crippen LogP contribution in [0.5, 0.6) is 5.75 Å². The number of ether oxygens (including phenoxy) is 1. The van der Waals surface area contributed by atoms with Crippen molar-refractivity contribution in [2.45, 2.75) is 13.5 Å². The smallest absolute Gasteiger partial charge is 0.387 e. The summed E-state index contributed by atoms with van der Waals surface area (Å²) in [6, 6.07) is 11.1. The minimum Gasteiger partial charge on any atom is -0.435 e. The highest BCUT2D eigenvalue weighted by Crippen LogP contribution is 2.21. The fourth-order valence-electron chi connectivity index (χ4n) is 1.72. The molecule has 0 saturated carbocycles. The molecular weight excluding hydrogens is 344 g/mol. The Labute approximate surface area is 129 Å². The lowest BCUT2D eigenvalue weighted by atomic mass is 10.1. The van der Waals surface area contributed by atoms with Gasteiger partial charge in [-0.3, -0.25) is 4.79 Å². The number of benzene rings is 2. The summed E-state index contributed by atoms with van der Waals surface area (Å²) in [4.78, 5) is 12.1. The number of carbonyl (C=O) groups is 1. The Morgan fingerprint density at radius 1 is 1.19 bits per heavy atom. The van der Waals surface area contributed by atoms with Gasteiger partial charge in [0, 0.05) is 10.2 Å². The summed E-state index contributed by atoms with van der Waals surface area (Å²) >= 11 is 3.34. The third-order valence-corrected chi connectivity index (χ3v) is 3.36. The molecule has 0 heterocycles. The van der Waals surface area contributed by atoms with E-state index in [0.29, 0.717) is 15.7 Å². The summed E-state index contributed by atoms with van der Waals surface area (Å²) in [5.41, 5.74) is 2.02. The summed E-state index contributed by atoms with van der Waals surface area (Å²) in [7, 11) is 0. The number of amides is 1. The van der Waals surface area contributed by atoms with E-state index in [2.05, 4.69) is 26.0 Å². The van der Waals surface area contributed by atoms with Gasteiger partial charge in [-0.15, -0.1) is 0 Å². The Balaban J connectivity index is 2.08. The molecule has 110 valence electrons. The molecule has 0 aliphatic rings. The molecule has 0 saturated heterocycles. The van der Waals surface area contributed by atoms with Crippen LogP contribution in [0.25, 0.3) is 0 Å². The van der Waals surface area contributed by atoms with Gasteiger partial charge in [0.25, 0.3) is 5.91 Å². The van der Waals surface area contributed by atoms with Crippen LogP contribution in [0.4, 0.5) is 14.5 Å². The van der Waals surface area contributed by atoms with E-state index in [0.717, 1.165) is 5.56 Å². The highest BCUT2D eigenvalue weighted by molar-refractivity contribution is 9.10. The molecule has 0 unspecified atom stereocenters. The number of hydrogen-bond donors (Lipinski definition) is 1. The van der Waals surface area contributed by atoms with Crippen molar-refractivity contribution in [3.8, 4) is 5.75 Å². The SMILES string of the molecule is Cc1ccc(C(=O)Nc2ccc(OC(F)F)cc2)c(Br)c1. The summed E-state index contributed by atoms with van der Waals surface area (Å²) in [6.07, 6.45) is 0. The van der Waals surface area contributed by atoms with E-state index >= 15 is 0 Å². The van der Waals surface area contributed by atoms with Crippen LogP contribution in [0.15, 0.2) is 46.9 Å². The molecule has 0 atom stereocenters. The molecule has 0 fully saturated rings. The average Bonchev–Trinajstić information content (AvgIpc) is 2.40. The number of anilines is 1. The lowest BCUT2D eigenvalue weighted by molar-refractivity contribution is -0.0498. The lowest BCUT2D eigenvalue weighted by Crippen LogP contribution is -2.12. The van der Waals surface area contributed by atoms with E-state index in [1.165, 1.54) is 24.3 Å². The molecule has 3 nitrogen and oxygen atoms in total. The van der Waals surface area contributed by atoms with Gasteiger partial charge in [-0.1, -0.05) is 6.07 Å². The van der Waals surface area contributed by atoms with Gasteiger partial charge in [0.15, 0.2) is 0 Å². The maximum Gasteiger partial charge on any atom is 0.387 e. The Morgan fingerprint density at radius 2 is 1.86 bits per heavy atom. The van der Waals surface area contributed by atoms with Crippen molar-refractivity contribution < 1.29 is 18.3 Å². The van der Waals surface area contributed by atoms with E-state index in [1.54, 1.807) is 6.07 Å². The van der Waals surface area contributed by atoms with Crippen LogP contribution in [-0.2, 0) is 0 Å². The number of halogens is 3. The molecule has 0 radical (unpaired) electrons. The van der Waals surface area contributed by atoms with Crippen LogP contribution in [0.1, 0.15) is 15.9 Å². The normalized spacial score (nSPS) is 10.5. The monoisotopic (exact) mass is 355 g/mol. The molecule has 2 rings (SSSR count). The number of nitrogens with one attached hydrogen (secondary N) is 1. The fourth-order valence-corrected chi connectivity index (χ4v) is 2.40. The molecule has 1 N–H and O–H groups in total. The van der Waals surface area contributed by atoms with Gasteiger partial charge in [0.2, 0.25) is 0 Å². The Kier molecular flexibility index (Phi) is 4.90. The van der Waals surface area contributed by atoms with Gasteiger partial charge >= 0.3 is 6.61 Å². The van der Waals surface area contributed by atoms with Crippen molar-refractivity contribution in [2.24, 2.45) is 0 Å². The van der Waals surface area contributed by atoms with Crippen molar-refractivity contribution in [3.63, 3.8) is 0 Å². The number of alkyl halides is 2. The number of carbonyl (C=O) groups excluding carboxylic acids is 1. The zero-order valence-corrected chi connectivity index (χ0v) is 12.7. The van der Waals surface area contributed by atoms with E-state index in [-0.39, 0.29) is 11.7 Å². The third-order valence-electron chi connectivity index (χ3n) is 2.71. The predicted molar refractivity (Wildman–Crippen MR) is 79.9 cm³/mol. The van der Waals surface area contributed by atoms with Gasteiger partial charge in [-0.2, -0.15) is 8.78 Å². The van der Waals surface area contributed by atoms with Crippen LogP contribution in [-0.4, -0.2) is 12.5 Å². The van der Waals surface area contributed by atoms with Crippen molar-refractivity contribution >= 4 is 27.5 Å². The molecule has 2 aromatic rings. The second-order valence-corrected chi connectivity index (χ2v) is 5.19. The van der Waals surface area contributed by atoms with Gasteiger partial charge in [0.1, 0.15) is 5.75 Å². The lowest BCUT2D eigenvalue weighted by Gasteiger charge is -2.09. The summed E-state index contributed by atoms with van der Waals surface area (Å²) in [5, 5.41) is 2.69. The first-order valence-electron chi connectivity index (χ1n) is 6.08. The van der Waals surface area contributed by atoms with E-state index in [1.807, 2.05) is 19.1 Å². The Hall–Kier alpha value is -1.95. The molecule has 0 aliphatic heterocycles. The molecular formula is C15H12BrF2NO2. The first-order valence-corrected chi connectivity index (χ1v) is 6.87. The predicted octanol–water partition coefficient (Wildman–Crippen LogP) is 4.61. The van der Waals surface area contributed by atoms with E-state index in [4.69, 9.17) is 0 Å². The third kappa shape index (κ3) is 4.26. The zero-order chi connectivity index (χ0) is 15.4. The van der Waals surface area contributed by atoms with E-state index in [9.17, 15) is 13.6 Å². The van der Waals surface area contributed by atoms with Gasteiger partial charge in [-0.05, 0) is 64.8 Å². The maximum atomic E-state index is 12.1. The van der Waals surface area contributed by atoms with Gasteiger partial charge in [0.05, 0.1) is 5.56 Å². The second kappa shape index (κ2) is 6.67. The maximum absolute atomic E-state index is 12.1. The van der Waals surface area contributed by atoms with Crippen LogP contribution < -0.4 is 10.1 Å². The van der Waals surface area contributed by atoms with Crippen molar-refractivity contribution in [1.29, 1.82) is 0 Å². The molecule has 0 bridgehead atoms. The largest absolute Gasteiger partial charge is 0.435 e. The van der Waals surface area contributed by atoms with Crippen molar-refractivity contribution in [2.75, 3.05) is 5.32 Å². The van der Waals surface area contributed by atoms with Crippen LogP contribution in [0, 0.1) is 6.92 Å². The van der Waals surface area contributed by atoms with Gasteiger partial charge in [-0.25, -0.2) is 0 Å². The molecule has 21 heavy (non-hydrogen) atoms. The minimum atomic E-state index is -2.87. The minimum absolute atomic E-state index is 0.0412. The quantitative estimate of drug-likeness (QED) is 0.869. The Morgan fingerprint density at radius 3 is 2.43 bits per heavy atom. The van der Waals surface area contributed by atoms with Crippen LogP contribution in [0.3, 0.4) is 0 Å². The zero-order valence-electron chi connectivity index (χ0n) is 11.1. The molecule has 0 aromatic heterocycles. The van der Waals surface area contributed by atoms with Gasteiger partial charge < -0.3 is 10.1 Å². The average molecular weight is 356 g/mol. The van der Waals surface area contributed by atoms with Crippen molar-refractivity contribution in [3.05, 3.63) is 58.1 Å². The second-order valence-electron chi connectivity index (χ2n) is 4.34. The molecule has 2 aromatic carbocycles. The molecule has 0 aliphatic carbocycles. The molecule has 0 spiro atoms. The van der Waals surface area contributed by atoms with Crippen molar-refractivity contribution in [1.82, 2.24) is 0 Å². The highest BCUT2D eigenvalue weighted by atomic mass is 79.9. The highest BCUT2D eigenvalue weighted by Gasteiger charge is 2.10. The first-order chi connectivity index (χ1) is 9.95.